The zero-order valence-corrected chi connectivity index (χ0v) is 12.6. The molecule has 0 aliphatic carbocycles. The van der Waals surface area contributed by atoms with Gasteiger partial charge in [0, 0.05) is 16.4 Å². The lowest BCUT2D eigenvalue weighted by molar-refractivity contribution is -0.123. The largest absolute Gasteiger partial charge is 0.449 e. The summed E-state index contributed by atoms with van der Waals surface area (Å²) in [5.41, 5.74) is 7.00. The summed E-state index contributed by atoms with van der Waals surface area (Å²) in [5, 5.41) is 3.21. The first-order valence-corrected chi connectivity index (χ1v) is 6.96. The van der Waals surface area contributed by atoms with Crippen molar-refractivity contribution in [2.24, 2.45) is 0 Å². The Morgan fingerprint density at radius 2 is 1.68 bits per heavy atom. The lowest BCUT2D eigenvalue weighted by Crippen LogP contribution is -2.29. The van der Waals surface area contributed by atoms with E-state index in [1.807, 2.05) is 0 Å². The highest BCUT2D eigenvalue weighted by atomic mass is 35.5. The van der Waals surface area contributed by atoms with E-state index in [1.165, 1.54) is 6.92 Å². The van der Waals surface area contributed by atoms with Crippen molar-refractivity contribution in [3.05, 3.63) is 59.1 Å². The van der Waals surface area contributed by atoms with Crippen LogP contribution >= 0.6 is 11.6 Å². The third-order valence-corrected chi connectivity index (χ3v) is 3.16. The van der Waals surface area contributed by atoms with E-state index in [0.29, 0.717) is 22.0 Å². The highest BCUT2D eigenvalue weighted by molar-refractivity contribution is 6.30. The second-order valence-electron chi connectivity index (χ2n) is 4.67. The Bertz CT molecular complexity index is 669. The van der Waals surface area contributed by atoms with Gasteiger partial charge in [-0.25, -0.2) is 4.79 Å². The Morgan fingerprint density at radius 1 is 1.09 bits per heavy atom. The summed E-state index contributed by atoms with van der Waals surface area (Å²) in [6.07, 6.45) is -0.930. The Balaban J connectivity index is 1.94. The number of nitrogens with two attached hydrogens (primary N) is 1. The molecule has 0 heterocycles. The minimum absolute atomic E-state index is 0.334. The van der Waals surface area contributed by atoms with E-state index in [9.17, 15) is 9.59 Å². The number of amides is 1. The zero-order valence-electron chi connectivity index (χ0n) is 11.9. The average Bonchev–Trinajstić information content (AvgIpc) is 2.50. The van der Waals surface area contributed by atoms with Crippen LogP contribution in [0.1, 0.15) is 17.3 Å². The molecule has 2 aromatic rings. The fourth-order valence-corrected chi connectivity index (χ4v) is 1.80. The van der Waals surface area contributed by atoms with Gasteiger partial charge in [-0.3, -0.25) is 4.79 Å². The van der Waals surface area contributed by atoms with Gasteiger partial charge in [0.25, 0.3) is 5.91 Å². The number of hydrogen-bond acceptors (Lipinski definition) is 4. The van der Waals surface area contributed by atoms with Gasteiger partial charge in [-0.05, 0) is 55.5 Å². The summed E-state index contributed by atoms with van der Waals surface area (Å²) in [6.45, 7) is 1.50. The van der Waals surface area contributed by atoms with Crippen LogP contribution in [-0.4, -0.2) is 18.0 Å². The predicted molar refractivity (Wildman–Crippen MR) is 85.8 cm³/mol. The third kappa shape index (κ3) is 4.23. The maximum absolute atomic E-state index is 12.0. The van der Waals surface area contributed by atoms with Gasteiger partial charge in [0.15, 0.2) is 6.10 Å². The molecule has 0 spiro atoms. The number of nitrogens with one attached hydrogen (secondary N) is 1. The number of benzene rings is 2. The molecule has 0 fully saturated rings. The highest BCUT2D eigenvalue weighted by Crippen LogP contribution is 2.14. The number of halogens is 1. The van der Waals surface area contributed by atoms with Crippen molar-refractivity contribution < 1.29 is 14.3 Å². The van der Waals surface area contributed by atoms with Crippen molar-refractivity contribution in [2.45, 2.75) is 13.0 Å². The van der Waals surface area contributed by atoms with Gasteiger partial charge in [0.2, 0.25) is 0 Å². The van der Waals surface area contributed by atoms with E-state index in [1.54, 1.807) is 48.5 Å². The van der Waals surface area contributed by atoms with Crippen molar-refractivity contribution in [3.63, 3.8) is 0 Å². The first-order chi connectivity index (χ1) is 10.5. The summed E-state index contributed by atoms with van der Waals surface area (Å²) in [7, 11) is 0. The molecule has 0 aliphatic rings. The molecule has 0 saturated carbocycles. The standard InChI is InChI=1S/C16H15ClN2O3/c1-10(15(20)19-14-8-4-12(17)5-9-14)22-16(21)11-2-6-13(18)7-3-11/h2-10H,18H2,1H3,(H,19,20)/t10-/m1/s1. The van der Waals surface area contributed by atoms with Gasteiger partial charge in [-0.2, -0.15) is 0 Å². The predicted octanol–water partition coefficient (Wildman–Crippen LogP) is 3.11. The molecule has 0 aromatic heterocycles. The normalized spacial score (nSPS) is 11.5. The topological polar surface area (TPSA) is 81.4 Å². The van der Waals surface area contributed by atoms with Crippen LogP contribution in [-0.2, 0) is 9.53 Å². The van der Waals surface area contributed by atoms with Crippen molar-refractivity contribution in [1.82, 2.24) is 0 Å². The maximum Gasteiger partial charge on any atom is 0.338 e. The molecule has 5 nitrogen and oxygen atoms in total. The van der Waals surface area contributed by atoms with Crippen molar-refractivity contribution >= 4 is 34.9 Å². The second-order valence-corrected chi connectivity index (χ2v) is 5.10. The number of anilines is 2. The van der Waals surface area contributed by atoms with Gasteiger partial charge >= 0.3 is 5.97 Å². The SMILES string of the molecule is C[C@@H](OC(=O)c1ccc(N)cc1)C(=O)Nc1ccc(Cl)cc1. The summed E-state index contributed by atoms with van der Waals surface area (Å²) in [5.74, 6) is -1.01. The summed E-state index contributed by atoms with van der Waals surface area (Å²) < 4.78 is 5.12. The van der Waals surface area contributed by atoms with Crippen molar-refractivity contribution in [3.8, 4) is 0 Å². The van der Waals surface area contributed by atoms with Crippen LogP contribution in [0.2, 0.25) is 5.02 Å². The van der Waals surface area contributed by atoms with Gasteiger partial charge < -0.3 is 15.8 Å². The number of carbonyl (C=O) groups excluding carboxylic acids is 2. The molecular formula is C16H15ClN2O3. The van der Waals surface area contributed by atoms with Gasteiger partial charge in [0.05, 0.1) is 5.56 Å². The Kier molecular flexibility index (Phi) is 5.01. The smallest absolute Gasteiger partial charge is 0.338 e. The third-order valence-electron chi connectivity index (χ3n) is 2.91. The van der Waals surface area contributed by atoms with Gasteiger partial charge in [-0.15, -0.1) is 0 Å². The van der Waals surface area contributed by atoms with Crippen LogP contribution in [0.5, 0.6) is 0 Å². The maximum atomic E-state index is 12.0. The van der Waals surface area contributed by atoms with Crippen LogP contribution in [0.3, 0.4) is 0 Å². The van der Waals surface area contributed by atoms with E-state index < -0.39 is 18.0 Å². The number of ether oxygens (including phenoxy) is 1. The summed E-state index contributed by atoms with van der Waals surface area (Å²) in [6, 6.07) is 12.9. The lowest BCUT2D eigenvalue weighted by Gasteiger charge is -2.13. The van der Waals surface area contributed by atoms with Crippen LogP contribution in [0.4, 0.5) is 11.4 Å². The fourth-order valence-electron chi connectivity index (χ4n) is 1.68. The molecule has 0 unspecified atom stereocenters. The van der Waals surface area contributed by atoms with Crippen LogP contribution in [0, 0.1) is 0 Å². The molecular weight excluding hydrogens is 304 g/mol. The number of rotatable bonds is 4. The first kappa shape index (κ1) is 15.9. The highest BCUT2D eigenvalue weighted by Gasteiger charge is 2.19. The molecule has 0 saturated heterocycles. The number of nitrogen functional groups attached to an aromatic ring is 1. The van der Waals surface area contributed by atoms with E-state index in [-0.39, 0.29) is 0 Å². The van der Waals surface area contributed by atoms with E-state index >= 15 is 0 Å². The van der Waals surface area contributed by atoms with Crippen molar-refractivity contribution in [2.75, 3.05) is 11.1 Å². The molecule has 3 N–H and O–H groups in total. The Hall–Kier alpha value is -2.53. The Labute approximate surface area is 133 Å². The molecule has 2 aromatic carbocycles. The summed E-state index contributed by atoms with van der Waals surface area (Å²) >= 11 is 5.77. The molecule has 0 radical (unpaired) electrons. The van der Waals surface area contributed by atoms with Crippen LogP contribution in [0.15, 0.2) is 48.5 Å². The fraction of sp³-hybridized carbons (Fsp3) is 0.125. The molecule has 1 atom stereocenters. The van der Waals surface area contributed by atoms with Gasteiger partial charge in [0.1, 0.15) is 0 Å². The van der Waals surface area contributed by atoms with E-state index in [4.69, 9.17) is 22.1 Å². The van der Waals surface area contributed by atoms with Crippen LogP contribution in [0.25, 0.3) is 0 Å². The van der Waals surface area contributed by atoms with Crippen molar-refractivity contribution in [1.29, 1.82) is 0 Å². The molecule has 2 rings (SSSR count). The number of esters is 1. The van der Waals surface area contributed by atoms with Crippen LogP contribution < -0.4 is 11.1 Å². The molecule has 0 aliphatic heterocycles. The zero-order chi connectivity index (χ0) is 16.1. The van der Waals surface area contributed by atoms with E-state index in [2.05, 4.69) is 5.32 Å². The number of carbonyl (C=O) groups is 2. The van der Waals surface area contributed by atoms with E-state index in [0.717, 1.165) is 0 Å². The first-order valence-electron chi connectivity index (χ1n) is 6.58. The molecule has 114 valence electrons. The number of hydrogen-bond donors (Lipinski definition) is 2. The second kappa shape index (κ2) is 6.95. The Morgan fingerprint density at radius 3 is 2.27 bits per heavy atom. The molecule has 1 amide bonds. The summed E-state index contributed by atoms with van der Waals surface area (Å²) in [4.78, 5) is 23.9. The van der Waals surface area contributed by atoms with Gasteiger partial charge in [-0.1, -0.05) is 11.6 Å². The minimum atomic E-state index is -0.930. The average molecular weight is 319 g/mol. The molecule has 6 heteroatoms. The monoisotopic (exact) mass is 318 g/mol. The minimum Gasteiger partial charge on any atom is -0.449 e. The lowest BCUT2D eigenvalue weighted by atomic mass is 10.2. The molecule has 22 heavy (non-hydrogen) atoms. The quantitative estimate of drug-likeness (QED) is 0.670. The molecule has 0 bridgehead atoms.